The van der Waals surface area contributed by atoms with E-state index in [1.165, 1.54) is 0 Å². The molecule has 0 spiro atoms. The first-order valence-corrected chi connectivity index (χ1v) is 7.54. The number of hydrogen-bond donors (Lipinski definition) is 0. The molecule has 0 bridgehead atoms. The second-order valence-corrected chi connectivity index (χ2v) is 5.55. The molecule has 0 radical (unpaired) electrons. The van der Waals surface area contributed by atoms with Gasteiger partial charge in [0.25, 0.3) is 0 Å². The van der Waals surface area contributed by atoms with Crippen LogP contribution < -0.4 is 4.74 Å². The monoisotopic (exact) mass is 292 g/mol. The highest BCUT2D eigenvalue weighted by Gasteiger charge is 2.19. The molecular weight excluding hydrogens is 272 g/mol. The molecular formula is C19H20N2O. The molecule has 0 saturated heterocycles. The van der Waals surface area contributed by atoms with Crippen LogP contribution in [-0.4, -0.2) is 15.9 Å². The summed E-state index contributed by atoms with van der Waals surface area (Å²) in [6.45, 7) is 6.12. The maximum absolute atomic E-state index is 5.95. The molecule has 3 nitrogen and oxygen atoms in total. The van der Waals surface area contributed by atoms with Crippen molar-refractivity contribution in [3.8, 4) is 22.7 Å². The van der Waals surface area contributed by atoms with E-state index in [1.54, 1.807) is 0 Å². The van der Waals surface area contributed by atoms with Crippen LogP contribution in [-0.2, 0) is 0 Å². The Bertz CT molecular complexity index is 746. The molecule has 0 amide bonds. The second kappa shape index (κ2) is 6.06. The SMILES string of the molecule is Cc1c(-c2ccccc2)c(OC(C)C)nn1-c1ccccc1. The van der Waals surface area contributed by atoms with Crippen molar-refractivity contribution in [1.29, 1.82) is 0 Å². The number of rotatable bonds is 4. The van der Waals surface area contributed by atoms with Gasteiger partial charge in [0.05, 0.1) is 23.0 Å². The molecule has 112 valence electrons. The lowest BCUT2D eigenvalue weighted by Crippen LogP contribution is -2.07. The van der Waals surface area contributed by atoms with Crippen LogP contribution in [0.3, 0.4) is 0 Å². The van der Waals surface area contributed by atoms with Crippen LogP contribution in [0.2, 0.25) is 0 Å². The standard InChI is InChI=1S/C19H20N2O/c1-14(2)22-19-18(16-10-6-4-7-11-16)15(3)21(20-19)17-12-8-5-9-13-17/h4-14H,1-3H3. The second-order valence-electron chi connectivity index (χ2n) is 5.55. The molecule has 0 aliphatic carbocycles. The molecule has 0 N–H and O–H groups in total. The van der Waals surface area contributed by atoms with Crippen molar-refractivity contribution in [1.82, 2.24) is 9.78 Å². The van der Waals surface area contributed by atoms with E-state index < -0.39 is 0 Å². The van der Waals surface area contributed by atoms with Gasteiger partial charge in [0.15, 0.2) is 0 Å². The summed E-state index contributed by atoms with van der Waals surface area (Å²) in [6, 6.07) is 20.4. The first kappa shape index (κ1) is 14.4. The molecule has 3 heteroatoms. The summed E-state index contributed by atoms with van der Waals surface area (Å²) in [6.07, 6.45) is 0.0842. The van der Waals surface area contributed by atoms with Crippen molar-refractivity contribution >= 4 is 0 Å². The molecule has 1 aromatic heterocycles. The Morgan fingerprint density at radius 3 is 2.09 bits per heavy atom. The van der Waals surface area contributed by atoms with Crippen molar-refractivity contribution in [2.75, 3.05) is 0 Å². The molecule has 0 atom stereocenters. The summed E-state index contributed by atoms with van der Waals surface area (Å²) in [5, 5.41) is 4.69. The van der Waals surface area contributed by atoms with E-state index in [0.29, 0.717) is 5.88 Å². The van der Waals surface area contributed by atoms with E-state index in [-0.39, 0.29) is 6.10 Å². The molecule has 0 unspecified atom stereocenters. The van der Waals surface area contributed by atoms with Gasteiger partial charge in [0.2, 0.25) is 5.88 Å². The highest BCUT2D eigenvalue weighted by atomic mass is 16.5. The van der Waals surface area contributed by atoms with Crippen LogP contribution >= 0.6 is 0 Å². The van der Waals surface area contributed by atoms with E-state index in [0.717, 1.165) is 22.5 Å². The zero-order chi connectivity index (χ0) is 15.5. The molecule has 2 aromatic carbocycles. The Labute approximate surface area is 131 Å². The fourth-order valence-corrected chi connectivity index (χ4v) is 2.54. The number of para-hydroxylation sites is 1. The Morgan fingerprint density at radius 1 is 0.909 bits per heavy atom. The maximum Gasteiger partial charge on any atom is 0.241 e. The predicted octanol–water partition coefficient (Wildman–Crippen LogP) is 4.63. The van der Waals surface area contributed by atoms with E-state index in [1.807, 2.05) is 67.1 Å². The molecule has 3 rings (SSSR count). The summed E-state index contributed by atoms with van der Waals surface area (Å²) in [5.74, 6) is 0.683. The van der Waals surface area contributed by atoms with Gasteiger partial charge in [0.1, 0.15) is 0 Å². The molecule has 1 heterocycles. The number of benzene rings is 2. The van der Waals surface area contributed by atoms with E-state index in [9.17, 15) is 0 Å². The Balaban J connectivity index is 2.17. The van der Waals surface area contributed by atoms with Crippen molar-refractivity contribution < 1.29 is 4.74 Å². The molecule has 0 saturated carbocycles. The van der Waals surface area contributed by atoms with Gasteiger partial charge in [-0.25, -0.2) is 4.68 Å². The lowest BCUT2D eigenvalue weighted by Gasteiger charge is -2.09. The Kier molecular flexibility index (Phi) is 3.96. The number of aromatic nitrogens is 2. The van der Waals surface area contributed by atoms with Gasteiger partial charge >= 0.3 is 0 Å². The summed E-state index contributed by atoms with van der Waals surface area (Å²) in [5.41, 5.74) is 4.29. The minimum atomic E-state index is 0.0842. The fraction of sp³-hybridized carbons (Fsp3) is 0.211. The fourth-order valence-electron chi connectivity index (χ4n) is 2.54. The van der Waals surface area contributed by atoms with E-state index in [4.69, 9.17) is 9.84 Å². The summed E-state index contributed by atoms with van der Waals surface area (Å²) < 4.78 is 7.90. The van der Waals surface area contributed by atoms with Gasteiger partial charge in [-0.3, -0.25) is 0 Å². The first-order valence-electron chi connectivity index (χ1n) is 7.54. The molecule has 22 heavy (non-hydrogen) atoms. The van der Waals surface area contributed by atoms with Crippen molar-refractivity contribution in [2.45, 2.75) is 26.9 Å². The van der Waals surface area contributed by atoms with Gasteiger partial charge in [-0.2, -0.15) is 0 Å². The van der Waals surface area contributed by atoms with Crippen LogP contribution in [0, 0.1) is 6.92 Å². The van der Waals surface area contributed by atoms with Crippen LogP contribution in [0.4, 0.5) is 0 Å². The lowest BCUT2D eigenvalue weighted by molar-refractivity contribution is 0.232. The zero-order valence-electron chi connectivity index (χ0n) is 13.2. The highest BCUT2D eigenvalue weighted by Crippen LogP contribution is 2.34. The highest BCUT2D eigenvalue weighted by molar-refractivity contribution is 5.72. The van der Waals surface area contributed by atoms with Gasteiger partial charge in [0, 0.05) is 0 Å². The molecule has 0 fully saturated rings. The minimum Gasteiger partial charge on any atom is -0.473 e. The molecule has 0 aliphatic heterocycles. The first-order chi connectivity index (χ1) is 10.7. The smallest absolute Gasteiger partial charge is 0.241 e. The average Bonchev–Trinajstić information content (AvgIpc) is 2.85. The van der Waals surface area contributed by atoms with Crippen molar-refractivity contribution in [2.24, 2.45) is 0 Å². The maximum atomic E-state index is 5.95. The summed E-state index contributed by atoms with van der Waals surface area (Å²) in [4.78, 5) is 0. The van der Waals surface area contributed by atoms with Gasteiger partial charge < -0.3 is 4.74 Å². The molecule has 3 aromatic rings. The van der Waals surface area contributed by atoms with Gasteiger partial charge in [-0.1, -0.05) is 48.5 Å². The summed E-state index contributed by atoms with van der Waals surface area (Å²) in [7, 11) is 0. The zero-order valence-corrected chi connectivity index (χ0v) is 13.2. The third-order valence-corrected chi connectivity index (χ3v) is 3.49. The topological polar surface area (TPSA) is 27.1 Å². The van der Waals surface area contributed by atoms with Gasteiger partial charge in [-0.15, -0.1) is 5.10 Å². The quantitative estimate of drug-likeness (QED) is 0.700. The average molecular weight is 292 g/mol. The number of ether oxygens (including phenoxy) is 1. The van der Waals surface area contributed by atoms with Crippen LogP contribution in [0.15, 0.2) is 60.7 Å². The van der Waals surface area contributed by atoms with E-state index in [2.05, 4.69) is 19.1 Å². The third kappa shape index (κ3) is 2.75. The van der Waals surface area contributed by atoms with Gasteiger partial charge in [-0.05, 0) is 38.5 Å². The van der Waals surface area contributed by atoms with E-state index >= 15 is 0 Å². The summed E-state index contributed by atoms with van der Waals surface area (Å²) >= 11 is 0. The predicted molar refractivity (Wildman–Crippen MR) is 89.5 cm³/mol. The minimum absolute atomic E-state index is 0.0842. The van der Waals surface area contributed by atoms with Crippen molar-refractivity contribution in [3.63, 3.8) is 0 Å². The largest absolute Gasteiger partial charge is 0.473 e. The number of hydrogen-bond acceptors (Lipinski definition) is 2. The number of nitrogens with zero attached hydrogens (tertiary/aromatic N) is 2. The lowest BCUT2D eigenvalue weighted by atomic mass is 10.1. The van der Waals surface area contributed by atoms with Crippen LogP contribution in [0.1, 0.15) is 19.5 Å². The normalized spacial score (nSPS) is 10.9. The van der Waals surface area contributed by atoms with Crippen LogP contribution in [0.25, 0.3) is 16.8 Å². The third-order valence-electron chi connectivity index (χ3n) is 3.49. The Morgan fingerprint density at radius 2 is 1.50 bits per heavy atom. The molecule has 0 aliphatic rings. The van der Waals surface area contributed by atoms with Crippen LogP contribution in [0.5, 0.6) is 5.88 Å². The van der Waals surface area contributed by atoms with Crippen molar-refractivity contribution in [3.05, 3.63) is 66.4 Å². The Hall–Kier alpha value is -2.55.